The first-order chi connectivity index (χ1) is 11.0. The molecule has 0 saturated heterocycles. The quantitative estimate of drug-likeness (QED) is 0.667. The molecule has 0 fully saturated rings. The zero-order valence-electron chi connectivity index (χ0n) is 12.1. The number of carbonyl (C=O) groups is 1. The Morgan fingerprint density at radius 1 is 1.61 bits per heavy atom. The average Bonchev–Trinajstić information content (AvgIpc) is 2.94. The van der Waals surface area contributed by atoms with Crippen molar-refractivity contribution in [2.24, 2.45) is 0 Å². The Kier molecular flexibility index (Phi) is 4.93. The van der Waals surface area contributed by atoms with Crippen molar-refractivity contribution in [3.05, 3.63) is 51.3 Å². The number of aromatic nitrogens is 2. The molecule has 2 aromatic rings. The molecule has 1 heterocycles. The molecule has 0 bridgehead atoms. The second-order valence-electron chi connectivity index (χ2n) is 4.65. The summed E-state index contributed by atoms with van der Waals surface area (Å²) in [6.45, 7) is 1.81. The van der Waals surface area contributed by atoms with Gasteiger partial charge in [-0.1, -0.05) is 18.5 Å². The molecule has 1 amide bonds. The highest BCUT2D eigenvalue weighted by molar-refractivity contribution is 6.30. The largest absolute Gasteiger partial charge is 0.323 e. The second kappa shape index (κ2) is 6.89. The van der Waals surface area contributed by atoms with E-state index in [1.165, 1.54) is 29.2 Å². The summed E-state index contributed by atoms with van der Waals surface area (Å²) in [5.74, 6) is -0.391. The van der Waals surface area contributed by atoms with Gasteiger partial charge in [0, 0.05) is 18.3 Å². The Bertz CT molecular complexity index is 796. The molecule has 0 radical (unpaired) electrons. The lowest BCUT2D eigenvalue weighted by molar-refractivity contribution is -0.384. The van der Waals surface area contributed by atoms with Crippen molar-refractivity contribution in [2.45, 2.75) is 19.4 Å². The van der Waals surface area contributed by atoms with E-state index < -0.39 is 16.9 Å². The molecule has 1 aromatic carbocycles. The molecule has 0 aliphatic heterocycles. The van der Waals surface area contributed by atoms with Gasteiger partial charge in [-0.25, -0.2) is 0 Å². The number of non-ortho nitro benzene ring substituents is 1. The first-order valence-corrected chi connectivity index (χ1v) is 7.03. The summed E-state index contributed by atoms with van der Waals surface area (Å²) in [4.78, 5) is 22.5. The molecule has 9 heteroatoms. The first-order valence-electron chi connectivity index (χ1n) is 6.65. The van der Waals surface area contributed by atoms with Gasteiger partial charge in [-0.3, -0.25) is 19.6 Å². The van der Waals surface area contributed by atoms with Gasteiger partial charge in [0.15, 0.2) is 0 Å². The summed E-state index contributed by atoms with van der Waals surface area (Å²) in [5, 5.41) is 26.8. The zero-order valence-corrected chi connectivity index (χ0v) is 12.8. The van der Waals surface area contributed by atoms with Crippen LogP contribution in [0.5, 0.6) is 0 Å². The minimum absolute atomic E-state index is 0.0147. The number of amides is 1. The highest BCUT2D eigenvalue weighted by atomic mass is 35.5. The highest BCUT2D eigenvalue weighted by Crippen LogP contribution is 2.23. The van der Waals surface area contributed by atoms with E-state index >= 15 is 0 Å². The lowest BCUT2D eigenvalue weighted by Gasteiger charge is -2.16. The van der Waals surface area contributed by atoms with Crippen molar-refractivity contribution in [3.63, 3.8) is 0 Å². The molecule has 118 valence electrons. The van der Waals surface area contributed by atoms with E-state index in [1.807, 2.05) is 6.07 Å². The number of anilines is 1. The van der Waals surface area contributed by atoms with E-state index in [9.17, 15) is 14.9 Å². The average molecular weight is 334 g/mol. The molecule has 0 aliphatic rings. The molecule has 1 unspecified atom stereocenters. The van der Waals surface area contributed by atoms with Crippen LogP contribution >= 0.6 is 11.6 Å². The van der Waals surface area contributed by atoms with Crippen LogP contribution in [0.25, 0.3) is 0 Å². The number of rotatable bonds is 5. The fourth-order valence-corrected chi connectivity index (χ4v) is 2.18. The monoisotopic (exact) mass is 333 g/mol. The predicted molar refractivity (Wildman–Crippen MR) is 83.0 cm³/mol. The minimum atomic E-state index is -0.607. The number of nitriles is 1. The Labute approximate surface area is 136 Å². The van der Waals surface area contributed by atoms with Crippen LogP contribution in [0, 0.1) is 21.4 Å². The van der Waals surface area contributed by atoms with Crippen LogP contribution in [0.4, 0.5) is 11.4 Å². The molecule has 0 aliphatic carbocycles. The lowest BCUT2D eigenvalue weighted by Crippen LogP contribution is -2.26. The number of hydrogen-bond acceptors (Lipinski definition) is 5. The number of nitrogens with zero attached hydrogens (tertiary/aromatic N) is 4. The van der Waals surface area contributed by atoms with Crippen LogP contribution in [-0.2, 0) is 4.79 Å². The predicted octanol–water partition coefficient (Wildman–Crippen LogP) is 2.91. The van der Waals surface area contributed by atoms with E-state index in [0.29, 0.717) is 11.4 Å². The van der Waals surface area contributed by atoms with Crippen LogP contribution in [-0.4, -0.2) is 20.6 Å². The number of hydrogen-bond donors (Lipinski definition) is 1. The van der Waals surface area contributed by atoms with Crippen molar-refractivity contribution in [1.29, 1.82) is 5.26 Å². The molecule has 1 N–H and O–H groups in total. The standard InChI is InChI=1S/C14H12ClN5O3/c1-2-13(19-8-10(15)7-17-19)14(21)18-12-4-3-11(20(22)23)5-9(12)6-16/h3-5,7-8,13H,2H2,1H3,(H,18,21). The van der Waals surface area contributed by atoms with Gasteiger partial charge in [0.25, 0.3) is 5.69 Å². The van der Waals surface area contributed by atoms with Gasteiger partial charge in [-0.15, -0.1) is 0 Å². The third kappa shape index (κ3) is 3.64. The Hall–Kier alpha value is -2.92. The third-order valence-electron chi connectivity index (χ3n) is 3.17. The van der Waals surface area contributed by atoms with Crippen molar-refractivity contribution in [2.75, 3.05) is 5.32 Å². The zero-order chi connectivity index (χ0) is 17.0. The van der Waals surface area contributed by atoms with Crippen molar-refractivity contribution < 1.29 is 9.72 Å². The normalized spacial score (nSPS) is 11.5. The first kappa shape index (κ1) is 16.5. The van der Waals surface area contributed by atoms with E-state index in [2.05, 4.69) is 10.4 Å². The van der Waals surface area contributed by atoms with Crippen molar-refractivity contribution >= 4 is 28.9 Å². The van der Waals surface area contributed by atoms with Gasteiger partial charge < -0.3 is 5.32 Å². The number of nitrogens with one attached hydrogen (secondary N) is 1. The molecule has 1 aromatic heterocycles. The SMILES string of the molecule is CCC(C(=O)Nc1ccc([N+](=O)[O-])cc1C#N)n1cc(Cl)cn1. The van der Waals surface area contributed by atoms with Gasteiger partial charge >= 0.3 is 0 Å². The van der Waals surface area contributed by atoms with E-state index in [-0.39, 0.29) is 16.9 Å². The van der Waals surface area contributed by atoms with E-state index in [1.54, 1.807) is 6.92 Å². The van der Waals surface area contributed by atoms with Crippen molar-refractivity contribution in [1.82, 2.24) is 9.78 Å². The maximum atomic E-state index is 12.4. The molecule has 0 saturated carbocycles. The smallest absolute Gasteiger partial charge is 0.270 e. The second-order valence-corrected chi connectivity index (χ2v) is 5.09. The van der Waals surface area contributed by atoms with Gasteiger partial charge in [0.2, 0.25) is 5.91 Å². The fourth-order valence-electron chi connectivity index (χ4n) is 2.04. The van der Waals surface area contributed by atoms with Crippen LogP contribution < -0.4 is 5.32 Å². The van der Waals surface area contributed by atoms with Crippen LogP contribution in [0.1, 0.15) is 24.9 Å². The molecule has 23 heavy (non-hydrogen) atoms. The van der Waals surface area contributed by atoms with Crippen LogP contribution in [0.2, 0.25) is 5.02 Å². The third-order valence-corrected chi connectivity index (χ3v) is 3.37. The minimum Gasteiger partial charge on any atom is -0.323 e. The van der Waals surface area contributed by atoms with Gasteiger partial charge in [0.05, 0.1) is 27.4 Å². The van der Waals surface area contributed by atoms with Crippen LogP contribution in [0.15, 0.2) is 30.6 Å². The summed E-state index contributed by atoms with van der Waals surface area (Å²) in [5.41, 5.74) is 0.00570. The van der Waals surface area contributed by atoms with Gasteiger partial charge in [-0.2, -0.15) is 10.4 Å². The van der Waals surface area contributed by atoms with Crippen molar-refractivity contribution in [3.8, 4) is 6.07 Å². The lowest BCUT2D eigenvalue weighted by atomic mass is 10.1. The number of nitro groups is 1. The maximum Gasteiger partial charge on any atom is 0.270 e. The Morgan fingerprint density at radius 2 is 2.35 bits per heavy atom. The van der Waals surface area contributed by atoms with Gasteiger partial charge in [-0.05, 0) is 12.5 Å². The maximum absolute atomic E-state index is 12.4. The molecule has 0 spiro atoms. The summed E-state index contributed by atoms with van der Waals surface area (Å²) in [7, 11) is 0. The summed E-state index contributed by atoms with van der Waals surface area (Å²) in [6, 6.07) is 4.89. The number of benzene rings is 1. The molecule has 1 atom stereocenters. The molecule has 2 rings (SSSR count). The van der Waals surface area contributed by atoms with Gasteiger partial charge in [0.1, 0.15) is 12.1 Å². The summed E-state index contributed by atoms with van der Waals surface area (Å²) in [6.07, 6.45) is 3.40. The number of nitro benzene ring substituents is 1. The summed E-state index contributed by atoms with van der Waals surface area (Å²) < 4.78 is 1.43. The van der Waals surface area contributed by atoms with E-state index in [0.717, 1.165) is 6.07 Å². The fraction of sp³-hybridized carbons (Fsp3) is 0.214. The highest BCUT2D eigenvalue weighted by Gasteiger charge is 2.21. The molecular weight excluding hydrogens is 322 g/mol. The summed E-state index contributed by atoms with van der Waals surface area (Å²) >= 11 is 5.80. The number of carbonyl (C=O) groups excluding carboxylic acids is 1. The van der Waals surface area contributed by atoms with E-state index in [4.69, 9.17) is 16.9 Å². The topological polar surface area (TPSA) is 114 Å². The Balaban J connectivity index is 2.25. The van der Waals surface area contributed by atoms with Crippen LogP contribution in [0.3, 0.4) is 0 Å². The Morgan fingerprint density at radius 3 is 2.87 bits per heavy atom. The number of halogens is 1. The molecular formula is C14H12ClN5O3. The molecule has 8 nitrogen and oxygen atoms in total.